The van der Waals surface area contributed by atoms with E-state index in [0.717, 1.165) is 97.3 Å². The summed E-state index contributed by atoms with van der Waals surface area (Å²) in [5.74, 6) is 2.42. The largest absolute Gasteiger partial charge is 0.496 e. The summed E-state index contributed by atoms with van der Waals surface area (Å²) >= 11 is 0. The van der Waals surface area contributed by atoms with Gasteiger partial charge in [-0.15, -0.1) is 0 Å². The van der Waals surface area contributed by atoms with Crippen LogP contribution in [0.3, 0.4) is 0 Å². The van der Waals surface area contributed by atoms with Gasteiger partial charge in [0.25, 0.3) is 0 Å². The van der Waals surface area contributed by atoms with Crippen molar-refractivity contribution in [3.63, 3.8) is 0 Å². The fourth-order valence-corrected chi connectivity index (χ4v) is 5.47. The first-order valence-electron chi connectivity index (χ1n) is 12.7. The van der Waals surface area contributed by atoms with E-state index in [9.17, 15) is 0 Å². The summed E-state index contributed by atoms with van der Waals surface area (Å²) in [4.78, 5) is 2.41. The first kappa shape index (κ1) is 22.9. The van der Waals surface area contributed by atoms with Gasteiger partial charge in [0.1, 0.15) is 22.8 Å². The highest BCUT2D eigenvalue weighted by Crippen LogP contribution is 2.47. The van der Waals surface area contributed by atoms with Crippen molar-refractivity contribution in [2.75, 3.05) is 71.5 Å². The second-order valence-electron chi connectivity index (χ2n) is 9.35. The summed E-state index contributed by atoms with van der Waals surface area (Å²) in [7, 11) is 3.42. The van der Waals surface area contributed by atoms with Crippen molar-refractivity contribution in [3.8, 4) is 33.9 Å². The van der Waals surface area contributed by atoms with Crippen LogP contribution in [0.15, 0.2) is 59.0 Å². The Morgan fingerprint density at radius 2 is 1.53 bits per heavy atom. The first-order valence-corrected chi connectivity index (χ1v) is 12.7. The van der Waals surface area contributed by atoms with E-state index in [4.69, 9.17) is 13.9 Å². The van der Waals surface area contributed by atoms with Gasteiger partial charge in [-0.3, -0.25) is 0 Å². The number of nitrogens with zero attached hydrogens (tertiary/aromatic N) is 2. The topological polar surface area (TPSA) is 61.9 Å². The molecule has 0 radical (unpaired) electrons. The third-order valence-electron chi connectivity index (χ3n) is 7.33. The second kappa shape index (κ2) is 9.84. The molecule has 0 saturated carbocycles. The Bertz CT molecular complexity index is 1410. The Labute approximate surface area is 211 Å². The van der Waals surface area contributed by atoms with Crippen molar-refractivity contribution in [2.24, 2.45) is 0 Å². The number of fused-ring (bicyclic) bond motifs is 2. The van der Waals surface area contributed by atoms with Crippen molar-refractivity contribution < 1.29 is 13.9 Å². The summed E-state index contributed by atoms with van der Waals surface area (Å²) in [6.45, 7) is 7.90. The van der Waals surface area contributed by atoms with Gasteiger partial charge in [0.05, 0.1) is 38.9 Å². The standard InChI is InChI=1S/C29H33N4O3/c1-34-24-4-3-5-25(35-2)29(24)28-22-8-6-20(32-14-10-30-11-15-32)18-26(22)36-27-19-21(7-9-23(27)28)33-16-12-31-13-17-33/h3-9,18-19,30-31H,10-17H2,1-2H3/q+1. The van der Waals surface area contributed by atoms with Crippen LogP contribution in [0, 0.1) is 0 Å². The van der Waals surface area contributed by atoms with Crippen LogP contribution < -0.4 is 34.9 Å². The molecule has 2 aromatic carbocycles. The summed E-state index contributed by atoms with van der Waals surface area (Å²) in [5.41, 5.74) is 5.10. The van der Waals surface area contributed by atoms with E-state index in [2.05, 4.69) is 56.5 Å². The predicted octanol–water partition coefficient (Wildman–Crippen LogP) is 3.01. The molecule has 186 valence electrons. The maximum absolute atomic E-state index is 6.65. The molecule has 6 rings (SSSR count). The summed E-state index contributed by atoms with van der Waals surface area (Å²) < 4.78 is 20.7. The fraction of sp³-hybridized carbons (Fsp3) is 0.345. The fourth-order valence-electron chi connectivity index (χ4n) is 5.47. The van der Waals surface area contributed by atoms with Crippen molar-refractivity contribution in [2.45, 2.75) is 0 Å². The van der Waals surface area contributed by atoms with Crippen molar-refractivity contribution in [1.29, 1.82) is 0 Å². The number of rotatable bonds is 4. The van der Waals surface area contributed by atoms with E-state index in [1.807, 2.05) is 18.2 Å². The van der Waals surface area contributed by atoms with E-state index in [1.165, 1.54) is 11.0 Å². The van der Waals surface area contributed by atoms with E-state index in [1.54, 1.807) is 14.2 Å². The zero-order valence-electron chi connectivity index (χ0n) is 21.0. The molecule has 2 saturated heterocycles. The highest BCUT2D eigenvalue weighted by Gasteiger charge is 2.24. The molecule has 4 aliphatic rings. The monoisotopic (exact) mass is 485 g/mol. The number of hydrogen-bond donors (Lipinski definition) is 2. The molecule has 2 N–H and O–H groups in total. The third kappa shape index (κ3) is 4.08. The number of methoxy groups -OCH3 is 2. The average Bonchev–Trinajstić information content (AvgIpc) is 2.95. The number of nitrogens with one attached hydrogen (secondary N) is 2. The number of ether oxygens (including phenoxy) is 2. The molecule has 2 aromatic rings. The molecular weight excluding hydrogens is 452 g/mol. The molecule has 0 bridgehead atoms. The summed E-state index contributed by atoms with van der Waals surface area (Å²) in [6.07, 6.45) is 0. The van der Waals surface area contributed by atoms with Gasteiger partial charge in [0, 0.05) is 60.5 Å². The van der Waals surface area contributed by atoms with Crippen LogP contribution in [-0.2, 0) is 0 Å². The van der Waals surface area contributed by atoms with Gasteiger partial charge in [0.2, 0.25) is 5.36 Å². The Balaban J connectivity index is 1.65. The van der Waals surface area contributed by atoms with Crippen molar-refractivity contribution in [1.82, 2.24) is 15.2 Å². The SMILES string of the molecule is COc1cccc(OC)c1-c1c2ccc(=[N+]3CCNCC3)cc-2oc2cc(N3CCNCC3)ccc12. The molecular formula is C29H33N4O3+. The van der Waals surface area contributed by atoms with E-state index in [-0.39, 0.29) is 0 Å². The van der Waals surface area contributed by atoms with Crippen LogP contribution in [0.1, 0.15) is 0 Å². The molecule has 7 nitrogen and oxygen atoms in total. The maximum Gasteiger partial charge on any atom is 0.203 e. The Morgan fingerprint density at radius 3 is 2.25 bits per heavy atom. The van der Waals surface area contributed by atoms with Gasteiger partial charge < -0.3 is 29.4 Å². The Hall–Kier alpha value is -3.55. The molecule has 0 spiro atoms. The number of anilines is 1. The van der Waals surface area contributed by atoms with Crippen molar-refractivity contribution in [3.05, 3.63) is 60.0 Å². The quantitative estimate of drug-likeness (QED) is 0.342. The second-order valence-corrected chi connectivity index (χ2v) is 9.35. The number of hydrogen-bond acceptors (Lipinski definition) is 6. The van der Waals surface area contributed by atoms with E-state index < -0.39 is 0 Å². The lowest BCUT2D eigenvalue weighted by molar-refractivity contribution is 0.397. The van der Waals surface area contributed by atoms with Gasteiger partial charge in [-0.05, 0) is 30.3 Å². The lowest BCUT2D eigenvalue weighted by atomic mass is 9.92. The van der Waals surface area contributed by atoms with E-state index >= 15 is 0 Å². The molecule has 3 heterocycles. The van der Waals surface area contributed by atoms with Crippen LogP contribution in [0.4, 0.5) is 5.69 Å². The number of benzene rings is 3. The molecule has 2 fully saturated rings. The third-order valence-corrected chi connectivity index (χ3v) is 7.33. The predicted molar refractivity (Wildman–Crippen MR) is 144 cm³/mol. The Morgan fingerprint density at radius 1 is 0.806 bits per heavy atom. The minimum Gasteiger partial charge on any atom is -0.496 e. The number of piperazine rings is 2. The first-order chi connectivity index (χ1) is 17.8. The average molecular weight is 486 g/mol. The van der Waals surface area contributed by atoms with Crippen LogP contribution in [0.2, 0.25) is 0 Å². The van der Waals surface area contributed by atoms with Gasteiger partial charge in [-0.1, -0.05) is 6.07 Å². The van der Waals surface area contributed by atoms with Gasteiger partial charge >= 0.3 is 0 Å². The highest BCUT2D eigenvalue weighted by molar-refractivity contribution is 6.05. The van der Waals surface area contributed by atoms with Crippen LogP contribution in [-0.4, -0.2) is 66.6 Å². The lowest BCUT2D eigenvalue weighted by Crippen LogP contribution is -2.45. The minimum atomic E-state index is 0.778. The zero-order valence-corrected chi connectivity index (χ0v) is 21.0. The smallest absolute Gasteiger partial charge is 0.203 e. The molecule has 0 amide bonds. The van der Waals surface area contributed by atoms with Crippen molar-refractivity contribution >= 4 is 16.7 Å². The molecule has 0 atom stereocenters. The van der Waals surface area contributed by atoms with Crippen LogP contribution >= 0.6 is 0 Å². The maximum atomic E-state index is 6.65. The normalized spacial score (nSPS) is 16.5. The van der Waals surface area contributed by atoms with Gasteiger partial charge in [0.15, 0.2) is 13.1 Å². The summed E-state index contributed by atoms with van der Waals surface area (Å²) in [6, 6.07) is 19.1. The molecule has 3 aliphatic heterocycles. The summed E-state index contributed by atoms with van der Waals surface area (Å²) in [5, 5.41) is 9.10. The molecule has 36 heavy (non-hydrogen) atoms. The lowest BCUT2D eigenvalue weighted by Gasteiger charge is -2.29. The molecule has 1 aliphatic carbocycles. The van der Waals surface area contributed by atoms with Crippen LogP contribution in [0.5, 0.6) is 11.5 Å². The zero-order chi connectivity index (χ0) is 24.5. The van der Waals surface area contributed by atoms with Gasteiger partial charge in [-0.2, -0.15) is 0 Å². The Kier molecular flexibility index (Phi) is 6.25. The molecule has 0 unspecified atom stereocenters. The van der Waals surface area contributed by atoms with Crippen LogP contribution in [0.25, 0.3) is 33.4 Å². The minimum absolute atomic E-state index is 0.778. The van der Waals surface area contributed by atoms with E-state index in [0.29, 0.717) is 0 Å². The van der Waals surface area contributed by atoms with Gasteiger partial charge in [-0.25, -0.2) is 4.58 Å². The highest BCUT2D eigenvalue weighted by atomic mass is 16.5. The molecule has 0 aromatic heterocycles. The molecule has 7 heteroatoms.